The lowest BCUT2D eigenvalue weighted by Crippen LogP contribution is -2.38. The van der Waals surface area contributed by atoms with Crippen LogP contribution >= 0.6 is 0 Å². The van der Waals surface area contributed by atoms with E-state index in [0.717, 1.165) is 27.9 Å². The van der Waals surface area contributed by atoms with E-state index in [1.165, 1.54) is 0 Å². The highest BCUT2D eigenvalue weighted by Crippen LogP contribution is 2.23. The van der Waals surface area contributed by atoms with Gasteiger partial charge in [0.05, 0.1) is 5.56 Å². The Balaban J connectivity index is 1.80. The fourth-order valence-electron chi connectivity index (χ4n) is 2.84. The highest BCUT2D eigenvalue weighted by molar-refractivity contribution is 6.00. The second-order valence-electron chi connectivity index (χ2n) is 6.07. The molecule has 2 aromatic rings. The van der Waals surface area contributed by atoms with E-state index in [1.54, 1.807) is 6.07 Å². The molecule has 0 aliphatic carbocycles. The van der Waals surface area contributed by atoms with Crippen molar-refractivity contribution in [3.05, 3.63) is 64.2 Å². The molecule has 4 heteroatoms. The number of benzene rings is 2. The highest BCUT2D eigenvalue weighted by atomic mass is 16.5. The van der Waals surface area contributed by atoms with Gasteiger partial charge in [0.25, 0.3) is 5.91 Å². The molecule has 3 rings (SSSR count). The molecule has 1 heterocycles. The van der Waals surface area contributed by atoms with Crippen LogP contribution in [0.5, 0.6) is 0 Å². The third kappa shape index (κ3) is 3.11. The summed E-state index contributed by atoms with van der Waals surface area (Å²) in [6.45, 7) is 5.90. The summed E-state index contributed by atoms with van der Waals surface area (Å²) in [5.41, 5.74) is 5.33. The molecule has 1 amide bonds. The number of anilines is 1. The van der Waals surface area contributed by atoms with Crippen LogP contribution < -0.4 is 5.32 Å². The number of amides is 1. The van der Waals surface area contributed by atoms with Gasteiger partial charge in [0, 0.05) is 12.1 Å². The number of hydrogen-bond donors (Lipinski definition) is 1. The van der Waals surface area contributed by atoms with E-state index in [4.69, 9.17) is 4.74 Å². The Bertz CT molecular complexity index is 795. The van der Waals surface area contributed by atoms with Gasteiger partial charge in [0.1, 0.15) is 0 Å². The Morgan fingerprint density at radius 1 is 1.09 bits per heavy atom. The number of aryl methyl sites for hydroxylation is 3. The molecule has 1 N–H and O–H groups in total. The Kier molecular flexibility index (Phi) is 3.90. The van der Waals surface area contributed by atoms with Crippen LogP contribution in [-0.4, -0.2) is 18.0 Å². The fourth-order valence-corrected chi connectivity index (χ4v) is 2.84. The molecule has 0 bridgehead atoms. The van der Waals surface area contributed by atoms with Gasteiger partial charge >= 0.3 is 5.97 Å². The molecule has 1 aliphatic rings. The Morgan fingerprint density at radius 3 is 2.52 bits per heavy atom. The number of fused-ring (bicyclic) bond motifs is 1. The van der Waals surface area contributed by atoms with Crippen molar-refractivity contribution in [2.75, 3.05) is 5.32 Å². The number of cyclic esters (lactones) is 1. The molecule has 118 valence electrons. The molecular formula is C19H19NO3. The molecule has 2 aromatic carbocycles. The molecule has 0 radical (unpaired) electrons. The molecule has 0 saturated carbocycles. The minimum absolute atomic E-state index is 0.294. The standard InChI is InChI=1S/C19H19NO3/c1-11-5-7-16(13(3)8-11)20-18(21)17-10-14-9-12(2)4-6-15(14)19(22)23-17/h4-9,17H,10H2,1-3H3,(H,20,21). The van der Waals surface area contributed by atoms with Crippen LogP contribution in [-0.2, 0) is 16.0 Å². The largest absolute Gasteiger partial charge is 0.448 e. The predicted octanol–water partition coefficient (Wildman–Crippen LogP) is 3.33. The van der Waals surface area contributed by atoms with Gasteiger partial charge in [0.15, 0.2) is 6.10 Å². The molecule has 4 nitrogen and oxygen atoms in total. The number of carbonyl (C=O) groups is 2. The van der Waals surface area contributed by atoms with Crippen LogP contribution in [0.3, 0.4) is 0 Å². The fraction of sp³-hybridized carbons (Fsp3) is 0.263. The second-order valence-corrected chi connectivity index (χ2v) is 6.07. The molecule has 0 saturated heterocycles. The maximum atomic E-state index is 12.5. The van der Waals surface area contributed by atoms with Crippen molar-refractivity contribution in [2.45, 2.75) is 33.3 Å². The molecule has 1 aliphatic heterocycles. The SMILES string of the molecule is Cc1ccc(NC(=O)C2Cc3cc(C)ccc3C(=O)O2)c(C)c1. The topological polar surface area (TPSA) is 55.4 Å². The molecule has 0 spiro atoms. The Morgan fingerprint density at radius 2 is 1.78 bits per heavy atom. The van der Waals surface area contributed by atoms with Gasteiger partial charge in [-0.3, -0.25) is 4.79 Å². The minimum Gasteiger partial charge on any atom is -0.448 e. The third-order valence-corrected chi connectivity index (χ3v) is 4.07. The van der Waals surface area contributed by atoms with Crippen LogP contribution in [0.4, 0.5) is 5.69 Å². The number of esters is 1. The number of hydrogen-bond acceptors (Lipinski definition) is 3. The summed E-state index contributed by atoms with van der Waals surface area (Å²) in [5, 5.41) is 2.86. The first-order valence-electron chi connectivity index (χ1n) is 7.62. The van der Waals surface area contributed by atoms with E-state index < -0.39 is 12.1 Å². The Hall–Kier alpha value is -2.62. The maximum Gasteiger partial charge on any atom is 0.339 e. The monoisotopic (exact) mass is 309 g/mol. The second kappa shape index (κ2) is 5.88. The van der Waals surface area contributed by atoms with Gasteiger partial charge in [-0.2, -0.15) is 0 Å². The van der Waals surface area contributed by atoms with Crippen LogP contribution in [0.1, 0.15) is 32.6 Å². The quantitative estimate of drug-likeness (QED) is 0.866. The summed E-state index contributed by atoms with van der Waals surface area (Å²) < 4.78 is 5.30. The minimum atomic E-state index is -0.794. The van der Waals surface area contributed by atoms with Crippen LogP contribution in [0.25, 0.3) is 0 Å². The highest BCUT2D eigenvalue weighted by Gasteiger charge is 2.31. The lowest BCUT2D eigenvalue weighted by atomic mass is 9.96. The zero-order valence-electron chi connectivity index (χ0n) is 13.5. The average Bonchev–Trinajstić information content (AvgIpc) is 2.49. The zero-order valence-corrected chi connectivity index (χ0v) is 13.5. The van der Waals surface area contributed by atoms with Crippen molar-refractivity contribution in [2.24, 2.45) is 0 Å². The zero-order chi connectivity index (χ0) is 16.6. The predicted molar refractivity (Wildman–Crippen MR) is 88.6 cm³/mol. The summed E-state index contributed by atoms with van der Waals surface area (Å²) >= 11 is 0. The lowest BCUT2D eigenvalue weighted by molar-refractivity contribution is -0.125. The molecular weight excluding hydrogens is 290 g/mol. The third-order valence-electron chi connectivity index (χ3n) is 4.07. The smallest absolute Gasteiger partial charge is 0.339 e. The number of carbonyl (C=O) groups excluding carboxylic acids is 2. The van der Waals surface area contributed by atoms with E-state index in [-0.39, 0.29) is 5.91 Å². The maximum absolute atomic E-state index is 12.5. The molecule has 1 atom stereocenters. The first-order valence-corrected chi connectivity index (χ1v) is 7.62. The van der Waals surface area contributed by atoms with Crippen molar-refractivity contribution in [3.8, 4) is 0 Å². The van der Waals surface area contributed by atoms with Gasteiger partial charge in [0.2, 0.25) is 0 Å². The summed E-state index contributed by atoms with van der Waals surface area (Å²) in [4.78, 5) is 24.5. The van der Waals surface area contributed by atoms with E-state index >= 15 is 0 Å². The normalized spacial score (nSPS) is 16.5. The number of nitrogens with one attached hydrogen (secondary N) is 1. The van der Waals surface area contributed by atoms with E-state index in [9.17, 15) is 9.59 Å². The van der Waals surface area contributed by atoms with E-state index in [2.05, 4.69) is 5.32 Å². The summed E-state index contributed by atoms with van der Waals surface area (Å²) in [6.07, 6.45) is -0.392. The summed E-state index contributed by atoms with van der Waals surface area (Å²) in [5.74, 6) is -0.732. The van der Waals surface area contributed by atoms with E-state index in [0.29, 0.717) is 12.0 Å². The molecule has 1 unspecified atom stereocenters. The number of ether oxygens (including phenoxy) is 1. The van der Waals surface area contributed by atoms with Gasteiger partial charge in [-0.25, -0.2) is 4.79 Å². The van der Waals surface area contributed by atoms with Crippen LogP contribution in [0, 0.1) is 20.8 Å². The van der Waals surface area contributed by atoms with Gasteiger partial charge in [-0.15, -0.1) is 0 Å². The van der Waals surface area contributed by atoms with Crippen molar-refractivity contribution < 1.29 is 14.3 Å². The summed E-state index contributed by atoms with van der Waals surface area (Å²) in [6, 6.07) is 11.4. The van der Waals surface area contributed by atoms with Crippen molar-refractivity contribution in [3.63, 3.8) is 0 Å². The first-order chi connectivity index (χ1) is 10.9. The lowest BCUT2D eigenvalue weighted by Gasteiger charge is -2.24. The average molecular weight is 309 g/mol. The van der Waals surface area contributed by atoms with Crippen LogP contribution in [0.15, 0.2) is 36.4 Å². The van der Waals surface area contributed by atoms with Gasteiger partial charge in [-0.05, 0) is 44.0 Å². The molecule has 0 fully saturated rings. The van der Waals surface area contributed by atoms with Crippen molar-refractivity contribution >= 4 is 17.6 Å². The van der Waals surface area contributed by atoms with Crippen LogP contribution in [0.2, 0.25) is 0 Å². The molecule has 0 aromatic heterocycles. The van der Waals surface area contributed by atoms with E-state index in [1.807, 2.05) is 51.1 Å². The van der Waals surface area contributed by atoms with Crippen molar-refractivity contribution in [1.82, 2.24) is 0 Å². The first kappa shape index (κ1) is 15.3. The van der Waals surface area contributed by atoms with Gasteiger partial charge in [-0.1, -0.05) is 35.4 Å². The number of rotatable bonds is 2. The van der Waals surface area contributed by atoms with Crippen molar-refractivity contribution in [1.29, 1.82) is 0 Å². The summed E-state index contributed by atoms with van der Waals surface area (Å²) in [7, 11) is 0. The Labute approximate surface area is 135 Å². The van der Waals surface area contributed by atoms with Gasteiger partial charge < -0.3 is 10.1 Å². The molecule has 23 heavy (non-hydrogen) atoms.